The molecular formula is C48H54Cl3N9O6. The summed E-state index contributed by atoms with van der Waals surface area (Å²) in [6, 6.07) is 22.8. The Morgan fingerprint density at radius 1 is 0.742 bits per heavy atom. The number of alkyl carbamates (subject to hydrolysis) is 2. The molecule has 5 aromatic rings. The van der Waals surface area contributed by atoms with Crippen molar-refractivity contribution in [2.45, 2.75) is 63.7 Å². The van der Waals surface area contributed by atoms with Gasteiger partial charge in [-0.2, -0.15) is 0 Å². The molecule has 18 heteroatoms. The summed E-state index contributed by atoms with van der Waals surface area (Å²) in [7, 11) is 4.53. The van der Waals surface area contributed by atoms with E-state index >= 15 is 0 Å². The third-order valence-corrected chi connectivity index (χ3v) is 11.4. The Bertz CT molecular complexity index is 2570. The third kappa shape index (κ3) is 12.0. The number of anilines is 2. The van der Waals surface area contributed by atoms with E-state index in [1.807, 2.05) is 87.6 Å². The van der Waals surface area contributed by atoms with Gasteiger partial charge in [0.1, 0.15) is 29.4 Å². The molecule has 2 aromatic heterocycles. The van der Waals surface area contributed by atoms with E-state index in [1.54, 1.807) is 34.3 Å². The molecule has 4 N–H and O–H groups in total. The van der Waals surface area contributed by atoms with Crippen molar-refractivity contribution in [3.63, 3.8) is 0 Å². The first-order valence-electron chi connectivity index (χ1n) is 21.0. The van der Waals surface area contributed by atoms with Gasteiger partial charge >= 0.3 is 12.2 Å². The molecule has 2 aliphatic rings. The van der Waals surface area contributed by atoms with Gasteiger partial charge in [-0.05, 0) is 79.2 Å². The number of halogens is 3. The lowest BCUT2D eigenvalue weighted by Crippen LogP contribution is -2.51. The number of aromatic nitrogens is 4. The maximum atomic E-state index is 13.9. The molecule has 2 fully saturated rings. The smallest absolute Gasteiger partial charge is 0.407 e. The number of carbonyl (C=O) groups is 4. The SMILES string of the molecule is COC(=O)N[C@H](C(=O)N1CCC[C@H]1c1ncc(-c2ccc(C#CC#Cc3cnc([C@@H]4CCCN4C(=O)[C@H](NC(=O)OC)c4ccccc4)[nH]3)c(N(C)c3ccccc3)c2)[nH]1)C(C)C.Cl.Cl.Cl. The molecule has 4 heterocycles. The molecule has 0 bridgehead atoms. The van der Waals surface area contributed by atoms with Gasteiger partial charge < -0.3 is 44.8 Å². The molecule has 0 spiro atoms. The van der Waals surface area contributed by atoms with Crippen molar-refractivity contribution < 1.29 is 28.7 Å². The zero-order chi connectivity index (χ0) is 44.5. The number of H-pyrrole nitrogens is 2. The Balaban J connectivity index is 0.00000317. The zero-order valence-corrected chi connectivity index (χ0v) is 39.6. The minimum atomic E-state index is -0.914. The molecule has 66 heavy (non-hydrogen) atoms. The number of ether oxygens (including phenoxy) is 2. The highest BCUT2D eigenvalue weighted by Crippen LogP contribution is 2.36. The van der Waals surface area contributed by atoms with Crippen LogP contribution < -0.4 is 15.5 Å². The minimum Gasteiger partial charge on any atom is -0.453 e. The second kappa shape index (κ2) is 24.0. The maximum absolute atomic E-state index is 13.9. The Hall–Kier alpha value is -6.65. The molecular weight excluding hydrogens is 905 g/mol. The lowest BCUT2D eigenvalue weighted by molar-refractivity contribution is -0.135. The monoisotopic (exact) mass is 957 g/mol. The molecule has 2 saturated heterocycles. The first-order valence-corrected chi connectivity index (χ1v) is 21.0. The highest BCUT2D eigenvalue weighted by atomic mass is 35.5. The fourth-order valence-electron chi connectivity index (χ4n) is 8.08. The number of nitrogens with one attached hydrogen (secondary N) is 4. The fraction of sp³-hybridized carbons (Fsp3) is 0.333. The number of aromatic amines is 2. The third-order valence-electron chi connectivity index (χ3n) is 11.4. The van der Waals surface area contributed by atoms with Crippen LogP contribution in [0.3, 0.4) is 0 Å². The van der Waals surface area contributed by atoms with Gasteiger partial charge in [-0.25, -0.2) is 19.6 Å². The van der Waals surface area contributed by atoms with Gasteiger partial charge in [-0.1, -0.05) is 74.4 Å². The van der Waals surface area contributed by atoms with Gasteiger partial charge in [0.25, 0.3) is 5.91 Å². The average molecular weight is 959 g/mol. The molecule has 3 aromatic carbocycles. The number of methoxy groups -OCH3 is 2. The molecule has 7 rings (SSSR count). The van der Waals surface area contributed by atoms with Gasteiger partial charge in [0.05, 0.1) is 50.1 Å². The standard InChI is InChI=1S/C48H51N9O6.3ClH/c1-31(2)41(53-47(60)62-4)45(58)56-26-15-23-39(56)44-50-30-37(52-44)34-25-24-32(40(28-34)55(3)36-20-10-7-11-21-36)16-12-13-19-35-29-49-43(51-35)38-22-14-27-57(38)46(59)42(54-48(61)63-5)33-17-8-6-9-18-33;;;/h6-11,17-18,20-21,24-25,28-31,38-39,41-42H,14-15,22-23,26-27H2,1-5H3,(H,49,51)(H,50,52)(H,53,60)(H,54,61);3*1H/t38-,39-,41-,42+;;;/m0.../s1. The molecule has 0 radical (unpaired) electrons. The summed E-state index contributed by atoms with van der Waals surface area (Å²) in [5.74, 6) is 13.0. The van der Waals surface area contributed by atoms with Crippen LogP contribution >= 0.6 is 37.2 Å². The molecule has 348 valence electrons. The molecule has 2 aliphatic heterocycles. The van der Waals surface area contributed by atoms with Crippen molar-refractivity contribution >= 4 is 72.6 Å². The Labute approximate surface area is 403 Å². The molecule has 0 unspecified atom stereocenters. The van der Waals surface area contributed by atoms with Crippen molar-refractivity contribution in [3.8, 4) is 34.9 Å². The number of likely N-dealkylation sites (tertiary alicyclic amines) is 2. The van der Waals surface area contributed by atoms with Crippen molar-refractivity contribution in [1.29, 1.82) is 0 Å². The number of imidazole rings is 2. The van der Waals surface area contributed by atoms with E-state index in [0.717, 1.165) is 47.5 Å². The van der Waals surface area contributed by atoms with E-state index in [0.29, 0.717) is 42.4 Å². The van der Waals surface area contributed by atoms with Crippen molar-refractivity contribution in [2.75, 3.05) is 39.3 Å². The van der Waals surface area contributed by atoms with E-state index in [-0.39, 0.29) is 67.0 Å². The summed E-state index contributed by atoms with van der Waals surface area (Å²) in [6.07, 6.45) is 5.11. The molecule has 0 saturated carbocycles. The van der Waals surface area contributed by atoms with Crippen LogP contribution in [0.1, 0.15) is 86.1 Å². The lowest BCUT2D eigenvalue weighted by atomic mass is 10.0. The van der Waals surface area contributed by atoms with Gasteiger partial charge in [0.15, 0.2) is 0 Å². The number of benzene rings is 3. The van der Waals surface area contributed by atoms with E-state index in [2.05, 4.69) is 54.2 Å². The quantitative estimate of drug-likeness (QED) is 0.0955. The van der Waals surface area contributed by atoms with Gasteiger partial charge in [0, 0.05) is 37.0 Å². The van der Waals surface area contributed by atoms with Crippen LogP contribution in [0.5, 0.6) is 0 Å². The topological polar surface area (TPSA) is 178 Å². The second-order valence-electron chi connectivity index (χ2n) is 15.7. The number of nitrogens with zero attached hydrogens (tertiary/aromatic N) is 5. The second-order valence-corrected chi connectivity index (χ2v) is 15.7. The van der Waals surface area contributed by atoms with Gasteiger partial charge in [-0.15, -0.1) is 37.2 Å². The highest BCUT2D eigenvalue weighted by molar-refractivity contribution is 5.88. The first kappa shape index (κ1) is 52.0. The van der Waals surface area contributed by atoms with Crippen LogP contribution in [-0.2, 0) is 19.1 Å². The number of hydrogen-bond acceptors (Lipinski definition) is 9. The van der Waals surface area contributed by atoms with E-state index in [1.165, 1.54) is 14.2 Å². The predicted octanol–water partition coefficient (Wildman–Crippen LogP) is 8.04. The average Bonchev–Trinajstić information content (AvgIpc) is 4.16. The Morgan fingerprint density at radius 3 is 1.95 bits per heavy atom. The largest absolute Gasteiger partial charge is 0.453 e. The van der Waals surface area contributed by atoms with Gasteiger partial charge in [-0.3, -0.25) is 9.59 Å². The first-order chi connectivity index (χ1) is 30.6. The van der Waals surface area contributed by atoms with Crippen LogP contribution in [0.15, 0.2) is 91.3 Å². The van der Waals surface area contributed by atoms with E-state index < -0.39 is 24.3 Å². The number of amides is 4. The van der Waals surface area contributed by atoms with Crippen LogP contribution in [0.4, 0.5) is 21.0 Å². The van der Waals surface area contributed by atoms with Crippen LogP contribution in [0.2, 0.25) is 0 Å². The van der Waals surface area contributed by atoms with E-state index in [9.17, 15) is 19.2 Å². The molecule has 15 nitrogen and oxygen atoms in total. The number of carbonyl (C=O) groups excluding carboxylic acids is 4. The van der Waals surface area contributed by atoms with Crippen LogP contribution in [0.25, 0.3) is 11.3 Å². The summed E-state index contributed by atoms with van der Waals surface area (Å²) in [5, 5.41) is 5.39. The Morgan fingerprint density at radius 2 is 1.32 bits per heavy atom. The fourth-order valence-corrected chi connectivity index (χ4v) is 8.08. The summed E-state index contributed by atoms with van der Waals surface area (Å²) >= 11 is 0. The normalized spacial score (nSPS) is 15.8. The van der Waals surface area contributed by atoms with Crippen LogP contribution in [-0.4, -0.2) is 94.1 Å². The highest BCUT2D eigenvalue weighted by Gasteiger charge is 2.38. The summed E-state index contributed by atoms with van der Waals surface area (Å²) in [6.45, 7) is 4.85. The van der Waals surface area contributed by atoms with Crippen molar-refractivity contribution in [1.82, 2.24) is 40.4 Å². The van der Waals surface area contributed by atoms with Crippen molar-refractivity contribution in [3.05, 3.63) is 120 Å². The summed E-state index contributed by atoms with van der Waals surface area (Å²) < 4.78 is 9.61. The van der Waals surface area contributed by atoms with E-state index in [4.69, 9.17) is 14.5 Å². The number of hydrogen-bond donors (Lipinski definition) is 4. The summed E-state index contributed by atoms with van der Waals surface area (Å²) in [5.41, 5.74) is 5.44. The summed E-state index contributed by atoms with van der Waals surface area (Å²) in [4.78, 5) is 73.6. The zero-order valence-electron chi connectivity index (χ0n) is 37.2. The number of rotatable bonds is 11. The van der Waals surface area contributed by atoms with Crippen molar-refractivity contribution in [2.24, 2.45) is 5.92 Å². The van der Waals surface area contributed by atoms with Crippen LogP contribution in [0, 0.1) is 29.6 Å². The predicted molar refractivity (Wildman–Crippen MR) is 259 cm³/mol. The Kier molecular flexibility index (Phi) is 18.9. The van der Waals surface area contributed by atoms with Gasteiger partial charge in [0.2, 0.25) is 5.91 Å². The molecule has 4 atom stereocenters. The maximum Gasteiger partial charge on any atom is 0.407 e. The number of para-hydroxylation sites is 1. The minimum absolute atomic E-state index is 0. The molecule has 0 aliphatic carbocycles. The molecule has 4 amide bonds. The lowest BCUT2D eigenvalue weighted by Gasteiger charge is -2.30.